The van der Waals surface area contributed by atoms with Crippen LogP contribution in [-0.4, -0.2) is 54.7 Å². The molecule has 39 heavy (non-hydrogen) atoms. The van der Waals surface area contributed by atoms with Gasteiger partial charge in [0.15, 0.2) is 11.5 Å². The second kappa shape index (κ2) is 13.2. The maximum absolute atomic E-state index is 13.2. The van der Waals surface area contributed by atoms with E-state index in [1.165, 1.54) is 12.1 Å². The van der Waals surface area contributed by atoms with Gasteiger partial charge in [0.1, 0.15) is 18.2 Å². The van der Waals surface area contributed by atoms with E-state index in [0.717, 1.165) is 14.8 Å². The molecule has 1 aliphatic heterocycles. The van der Waals surface area contributed by atoms with Gasteiger partial charge in [-0.1, -0.05) is 30.3 Å². The van der Waals surface area contributed by atoms with Crippen LogP contribution in [0.5, 0.6) is 11.5 Å². The Morgan fingerprint density at radius 3 is 2.33 bits per heavy atom. The van der Waals surface area contributed by atoms with Gasteiger partial charge < -0.3 is 24.4 Å². The number of carboxylic acid groups (broad SMARTS) is 1. The number of halogens is 1. The first-order chi connectivity index (χ1) is 18.9. The Morgan fingerprint density at radius 1 is 1.03 bits per heavy atom. The van der Waals surface area contributed by atoms with Gasteiger partial charge in [-0.15, -0.1) is 0 Å². The van der Waals surface area contributed by atoms with Gasteiger partial charge in [-0.05, 0) is 83.1 Å². The highest BCUT2D eigenvalue weighted by Crippen LogP contribution is 2.35. The zero-order valence-electron chi connectivity index (χ0n) is 21.5. The molecule has 3 aromatic carbocycles. The van der Waals surface area contributed by atoms with Gasteiger partial charge in [0.05, 0.1) is 15.7 Å². The van der Waals surface area contributed by atoms with Gasteiger partial charge in [-0.25, -0.2) is 4.79 Å². The van der Waals surface area contributed by atoms with E-state index in [9.17, 15) is 14.9 Å². The molecule has 200 valence electrons. The number of carbonyl (C=O) groups excluding carboxylic acids is 1. The molecule has 4 rings (SSSR count). The maximum Gasteiger partial charge on any atom is 0.335 e. The van der Waals surface area contributed by atoms with Crippen molar-refractivity contribution in [2.45, 2.75) is 13.5 Å². The van der Waals surface area contributed by atoms with Crippen LogP contribution in [0.15, 0.2) is 72.3 Å². The summed E-state index contributed by atoms with van der Waals surface area (Å²) in [5.74, 6) is -0.231. The smallest absolute Gasteiger partial charge is 0.335 e. The van der Waals surface area contributed by atoms with E-state index < -0.39 is 5.97 Å². The lowest BCUT2D eigenvalue weighted by Gasteiger charge is -2.36. The van der Waals surface area contributed by atoms with Crippen LogP contribution >= 0.6 is 22.6 Å². The van der Waals surface area contributed by atoms with E-state index in [2.05, 4.69) is 45.7 Å². The number of nitriles is 1. The number of hydrogen-bond donors (Lipinski definition) is 1. The summed E-state index contributed by atoms with van der Waals surface area (Å²) >= 11 is 2.14. The van der Waals surface area contributed by atoms with Crippen LogP contribution in [0.1, 0.15) is 28.4 Å². The van der Waals surface area contributed by atoms with Crippen molar-refractivity contribution in [3.8, 4) is 17.6 Å². The largest absolute Gasteiger partial charge is 0.490 e. The van der Waals surface area contributed by atoms with Gasteiger partial charge in [0, 0.05) is 31.9 Å². The molecule has 0 saturated carbocycles. The molecule has 1 aliphatic rings. The Labute approximate surface area is 241 Å². The summed E-state index contributed by atoms with van der Waals surface area (Å²) < 4.78 is 12.6. The Balaban J connectivity index is 1.47. The number of nitrogens with zero attached hydrogens (tertiary/aromatic N) is 3. The number of aromatic carboxylic acids is 1. The molecule has 1 fully saturated rings. The summed E-state index contributed by atoms with van der Waals surface area (Å²) in [6.07, 6.45) is 1.59. The molecule has 0 spiro atoms. The second-order valence-electron chi connectivity index (χ2n) is 8.84. The summed E-state index contributed by atoms with van der Waals surface area (Å²) in [5, 5.41) is 18.9. The van der Waals surface area contributed by atoms with Gasteiger partial charge >= 0.3 is 5.97 Å². The van der Waals surface area contributed by atoms with E-state index in [-0.39, 0.29) is 23.7 Å². The zero-order valence-corrected chi connectivity index (χ0v) is 23.6. The first-order valence-corrected chi connectivity index (χ1v) is 13.6. The molecular formula is C30H28IN3O5. The fraction of sp³-hybridized carbons (Fsp3) is 0.233. The standard InChI is InChI=1S/C30H28IN3O5/c1-2-38-27-18-22(17-26(31)28(27)39-20-21-8-10-23(11-9-21)30(36)37)16-24(19-32)29(35)34-14-12-33(13-15-34)25-6-4-3-5-7-25/h3-11,16-18H,2,12-15,20H2,1H3,(H,36,37)/b24-16-. The zero-order chi connectivity index (χ0) is 27.8. The molecule has 1 amide bonds. The average molecular weight is 637 g/mol. The molecule has 0 unspecified atom stereocenters. The maximum atomic E-state index is 13.2. The third kappa shape index (κ3) is 7.09. The first-order valence-electron chi connectivity index (χ1n) is 12.5. The Morgan fingerprint density at radius 2 is 1.72 bits per heavy atom. The van der Waals surface area contributed by atoms with E-state index >= 15 is 0 Å². The Hall–Kier alpha value is -4.04. The van der Waals surface area contributed by atoms with E-state index in [1.54, 1.807) is 29.2 Å². The summed E-state index contributed by atoms with van der Waals surface area (Å²) in [4.78, 5) is 28.2. The second-order valence-corrected chi connectivity index (χ2v) is 10.0. The third-order valence-electron chi connectivity index (χ3n) is 6.27. The van der Waals surface area contributed by atoms with Gasteiger partial charge in [0.2, 0.25) is 0 Å². The summed E-state index contributed by atoms with van der Waals surface area (Å²) in [6.45, 7) is 4.97. The lowest BCUT2D eigenvalue weighted by atomic mass is 10.1. The van der Waals surface area contributed by atoms with Crippen molar-refractivity contribution in [3.63, 3.8) is 0 Å². The number of ether oxygens (including phenoxy) is 2. The highest BCUT2D eigenvalue weighted by Gasteiger charge is 2.24. The number of anilines is 1. The lowest BCUT2D eigenvalue weighted by Crippen LogP contribution is -2.49. The highest BCUT2D eigenvalue weighted by atomic mass is 127. The molecule has 0 aromatic heterocycles. The fourth-order valence-electron chi connectivity index (χ4n) is 4.26. The molecule has 0 aliphatic carbocycles. The number of piperazine rings is 1. The summed E-state index contributed by atoms with van der Waals surface area (Å²) in [6, 6.07) is 22.2. The first kappa shape index (κ1) is 28.0. The molecule has 0 bridgehead atoms. The monoisotopic (exact) mass is 637 g/mol. The molecule has 9 heteroatoms. The van der Waals surface area contributed by atoms with Crippen LogP contribution in [0, 0.1) is 14.9 Å². The molecule has 1 N–H and O–H groups in total. The SMILES string of the molecule is CCOc1cc(/C=C(/C#N)C(=O)N2CCN(c3ccccc3)CC2)cc(I)c1OCc1ccc(C(=O)O)cc1. The topological polar surface area (TPSA) is 103 Å². The predicted molar refractivity (Wildman–Crippen MR) is 157 cm³/mol. The number of rotatable bonds is 9. The lowest BCUT2D eigenvalue weighted by molar-refractivity contribution is -0.126. The van der Waals surface area contributed by atoms with Crippen LogP contribution in [-0.2, 0) is 11.4 Å². The molecule has 0 atom stereocenters. The van der Waals surface area contributed by atoms with Crippen LogP contribution < -0.4 is 14.4 Å². The molecule has 1 heterocycles. The molecule has 1 saturated heterocycles. The highest BCUT2D eigenvalue weighted by molar-refractivity contribution is 14.1. The van der Waals surface area contributed by atoms with Crippen LogP contribution in [0.4, 0.5) is 5.69 Å². The van der Waals surface area contributed by atoms with Gasteiger partial charge in [-0.2, -0.15) is 5.26 Å². The normalized spacial score (nSPS) is 13.5. The van der Waals surface area contributed by atoms with Crippen molar-refractivity contribution in [1.29, 1.82) is 5.26 Å². The van der Waals surface area contributed by atoms with E-state index in [1.807, 2.05) is 31.2 Å². The Bertz CT molecular complexity index is 1390. The Kier molecular flexibility index (Phi) is 9.44. The van der Waals surface area contributed by atoms with Crippen LogP contribution in [0.25, 0.3) is 6.08 Å². The van der Waals surface area contributed by atoms with E-state index in [0.29, 0.717) is 49.8 Å². The van der Waals surface area contributed by atoms with Crippen molar-refractivity contribution in [2.24, 2.45) is 0 Å². The van der Waals surface area contributed by atoms with Crippen molar-refractivity contribution in [3.05, 3.63) is 92.6 Å². The van der Waals surface area contributed by atoms with Crippen molar-refractivity contribution < 1.29 is 24.2 Å². The van der Waals surface area contributed by atoms with Crippen LogP contribution in [0.2, 0.25) is 0 Å². The number of carboxylic acids is 1. The number of benzene rings is 3. The van der Waals surface area contributed by atoms with Crippen molar-refractivity contribution in [2.75, 3.05) is 37.7 Å². The molecule has 3 aromatic rings. The number of carbonyl (C=O) groups is 2. The van der Waals surface area contributed by atoms with E-state index in [4.69, 9.17) is 14.6 Å². The van der Waals surface area contributed by atoms with Crippen molar-refractivity contribution in [1.82, 2.24) is 4.90 Å². The predicted octanol–water partition coefficient (Wildman–Crippen LogP) is 5.22. The van der Waals surface area contributed by atoms with Gasteiger partial charge in [0.25, 0.3) is 5.91 Å². The van der Waals surface area contributed by atoms with Crippen molar-refractivity contribution >= 4 is 46.2 Å². The summed E-state index contributed by atoms with van der Waals surface area (Å²) in [5.41, 5.74) is 2.87. The molecular weight excluding hydrogens is 609 g/mol. The summed E-state index contributed by atoms with van der Waals surface area (Å²) in [7, 11) is 0. The minimum absolute atomic E-state index is 0.0635. The van der Waals surface area contributed by atoms with Crippen LogP contribution in [0.3, 0.4) is 0 Å². The quantitative estimate of drug-likeness (QED) is 0.195. The number of para-hydroxylation sites is 1. The minimum atomic E-state index is -0.982. The molecule has 0 radical (unpaired) electrons. The van der Waals surface area contributed by atoms with Gasteiger partial charge in [-0.3, -0.25) is 4.79 Å². The minimum Gasteiger partial charge on any atom is -0.490 e. The number of hydrogen-bond acceptors (Lipinski definition) is 6. The molecule has 8 nitrogen and oxygen atoms in total. The average Bonchev–Trinajstić information content (AvgIpc) is 2.96. The number of amides is 1. The third-order valence-corrected chi connectivity index (χ3v) is 7.07. The fourth-order valence-corrected chi connectivity index (χ4v) is 5.04.